The average Bonchev–Trinajstić information content (AvgIpc) is 1.94. The van der Waals surface area contributed by atoms with Gasteiger partial charge >= 0.3 is 11.9 Å². The molecule has 1 aliphatic rings. The fourth-order valence-electron chi connectivity index (χ4n) is 1.42. The van der Waals surface area contributed by atoms with Crippen LogP contribution in [0.15, 0.2) is 0 Å². The van der Waals surface area contributed by atoms with Gasteiger partial charge in [0.25, 0.3) is 0 Å². The highest BCUT2D eigenvalue weighted by Gasteiger charge is 2.35. The molecular formula is C8H12O4. The molecule has 0 radical (unpaired) electrons. The molecule has 0 bridgehead atoms. The molecule has 1 rings (SSSR count). The molecular weight excluding hydrogens is 160 g/mol. The zero-order valence-electron chi connectivity index (χ0n) is 6.95. The highest BCUT2D eigenvalue weighted by molar-refractivity contribution is 5.73. The van der Waals surface area contributed by atoms with Gasteiger partial charge in [-0.25, -0.2) is 0 Å². The summed E-state index contributed by atoms with van der Waals surface area (Å²) in [6.45, 7) is 0. The molecule has 0 aromatic carbocycles. The normalized spacial score (nSPS) is 27.4. The van der Waals surface area contributed by atoms with E-state index in [1.807, 2.05) is 0 Å². The lowest BCUT2D eigenvalue weighted by Gasteiger charge is -2.31. The van der Waals surface area contributed by atoms with Gasteiger partial charge < -0.3 is 9.84 Å². The minimum atomic E-state index is -0.754. The lowest BCUT2D eigenvalue weighted by molar-refractivity contribution is -0.150. The molecule has 1 saturated carbocycles. The first-order valence-electron chi connectivity index (χ1n) is 3.93. The summed E-state index contributed by atoms with van der Waals surface area (Å²) in [5.41, 5.74) is 0. The van der Waals surface area contributed by atoms with Gasteiger partial charge in [0.2, 0.25) is 0 Å². The number of hydrogen-bond acceptors (Lipinski definition) is 3. The van der Waals surface area contributed by atoms with Gasteiger partial charge in [0.1, 0.15) is 0 Å². The van der Waals surface area contributed by atoms with E-state index in [-0.39, 0.29) is 17.8 Å². The molecule has 0 amide bonds. The smallest absolute Gasteiger partial charge is 0.306 e. The van der Waals surface area contributed by atoms with Crippen LogP contribution in [0.25, 0.3) is 0 Å². The number of carbonyl (C=O) groups excluding carboxylic acids is 1. The number of rotatable bonds is 3. The molecule has 0 atom stereocenters. The number of aliphatic carboxylic acids is 1. The first-order valence-corrected chi connectivity index (χ1v) is 3.93. The van der Waals surface area contributed by atoms with Crippen LogP contribution >= 0.6 is 0 Å². The van der Waals surface area contributed by atoms with Crippen LogP contribution < -0.4 is 0 Å². The van der Waals surface area contributed by atoms with E-state index in [2.05, 4.69) is 4.74 Å². The molecule has 12 heavy (non-hydrogen) atoms. The van der Waals surface area contributed by atoms with Crippen LogP contribution in [-0.2, 0) is 14.3 Å². The van der Waals surface area contributed by atoms with E-state index < -0.39 is 5.97 Å². The zero-order chi connectivity index (χ0) is 9.14. The summed E-state index contributed by atoms with van der Waals surface area (Å²) >= 11 is 0. The number of hydrogen-bond donors (Lipinski definition) is 1. The van der Waals surface area contributed by atoms with E-state index in [9.17, 15) is 9.59 Å². The van der Waals surface area contributed by atoms with Crippen molar-refractivity contribution < 1.29 is 19.4 Å². The lowest BCUT2D eigenvalue weighted by atomic mass is 9.73. The van der Waals surface area contributed by atoms with E-state index >= 15 is 0 Å². The van der Waals surface area contributed by atoms with E-state index in [0.717, 1.165) is 0 Å². The van der Waals surface area contributed by atoms with Gasteiger partial charge in [-0.3, -0.25) is 9.59 Å². The Morgan fingerprint density at radius 3 is 2.50 bits per heavy atom. The number of carbonyl (C=O) groups is 2. The van der Waals surface area contributed by atoms with E-state index in [0.29, 0.717) is 19.3 Å². The maximum atomic E-state index is 10.7. The first kappa shape index (κ1) is 9.03. The second-order valence-electron chi connectivity index (χ2n) is 3.15. The second kappa shape index (κ2) is 3.56. The van der Waals surface area contributed by atoms with Gasteiger partial charge in [0.05, 0.1) is 13.0 Å². The van der Waals surface area contributed by atoms with Crippen molar-refractivity contribution >= 4 is 11.9 Å². The third-order valence-electron chi connectivity index (χ3n) is 2.27. The maximum Gasteiger partial charge on any atom is 0.306 e. The Morgan fingerprint density at radius 2 is 2.08 bits per heavy atom. The maximum absolute atomic E-state index is 10.7. The Morgan fingerprint density at radius 1 is 1.50 bits per heavy atom. The monoisotopic (exact) mass is 172 g/mol. The fraction of sp³-hybridized carbons (Fsp3) is 0.750. The van der Waals surface area contributed by atoms with Gasteiger partial charge in [-0.2, -0.15) is 0 Å². The minimum Gasteiger partial charge on any atom is -0.481 e. The van der Waals surface area contributed by atoms with Crippen LogP contribution in [0.5, 0.6) is 0 Å². The summed E-state index contributed by atoms with van der Waals surface area (Å²) in [6, 6.07) is 0. The molecule has 0 spiro atoms. The summed E-state index contributed by atoms with van der Waals surface area (Å²) in [4.78, 5) is 21.1. The number of methoxy groups -OCH3 is 1. The Bertz CT molecular complexity index is 193. The number of carboxylic acids is 1. The van der Waals surface area contributed by atoms with Gasteiger partial charge in [0, 0.05) is 6.42 Å². The summed E-state index contributed by atoms with van der Waals surface area (Å²) in [5, 5.41) is 8.53. The summed E-state index contributed by atoms with van der Waals surface area (Å²) in [5.74, 6) is -1.02. The fourth-order valence-corrected chi connectivity index (χ4v) is 1.42. The summed E-state index contributed by atoms with van der Waals surface area (Å²) in [6.07, 6.45) is 1.59. The van der Waals surface area contributed by atoms with Gasteiger partial charge in [0.15, 0.2) is 0 Å². The highest BCUT2D eigenvalue weighted by atomic mass is 16.5. The summed E-state index contributed by atoms with van der Waals surface area (Å²) in [7, 11) is 1.34. The third kappa shape index (κ3) is 1.96. The summed E-state index contributed by atoms with van der Waals surface area (Å²) < 4.78 is 4.47. The van der Waals surface area contributed by atoms with Crippen LogP contribution in [0.1, 0.15) is 19.3 Å². The molecule has 0 aromatic heterocycles. The molecule has 0 saturated heterocycles. The van der Waals surface area contributed by atoms with Crippen molar-refractivity contribution in [3.63, 3.8) is 0 Å². The molecule has 0 aromatic rings. The molecule has 4 heteroatoms. The third-order valence-corrected chi connectivity index (χ3v) is 2.27. The standard InChI is InChI=1S/C8H12O4/c1-12-7(9)4-5-2-6(3-5)8(10)11/h5-6H,2-4H2,1H3,(H,10,11). The Kier molecular flexibility index (Phi) is 2.68. The zero-order valence-corrected chi connectivity index (χ0v) is 6.95. The van der Waals surface area contributed by atoms with Crippen molar-refractivity contribution in [1.82, 2.24) is 0 Å². The topological polar surface area (TPSA) is 63.6 Å². The van der Waals surface area contributed by atoms with Crippen LogP contribution in [0.4, 0.5) is 0 Å². The number of carboxylic acid groups (broad SMARTS) is 1. The van der Waals surface area contributed by atoms with Crippen LogP contribution in [-0.4, -0.2) is 24.2 Å². The van der Waals surface area contributed by atoms with Crippen molar-refractivity contribution in [3.8, 4) is 0 Å². The first-order chi connectivity index (χ1) is 5.63. The molecule has 0 aliphatic heterocycles. The minimum absolute atomic E-state index is 0.221. The molecule has 1 fully saturated rings. The van der Waals surface area contributed by atoms with Crippen molar-refractivity contribution in [2.24, 2.45) is 11.8 Å². The Hall–Kier alpha value is -1.06. The average molecular weight is 172 g/mol. The van der Waals surface area contributed by atoms with Crippen molar-refractivity contribution in [2.75, 3.05) is 7.11 Å². The van der Waals surface area contributed by atoms with Gasteiger partial charge in [-0.05, 0) is 18.8 Å². The molecule has 1 aliphatic carbocycles. The van der Waals surface area contributed by atoms with Crippen molar-refractivity contribution in [3.05, 3.63) is 0 Å². The number of ether oxygens (including phenoxy) is 1. The number of esters is 1. The quantitative estimate of drug-likeness (QED) is 0.635. The van der Waals surface area contributed by atoms with Crippen molar-refractivity contribution in [2.45, 2.75) is 19.3 Å². The van der Waals surface area contributed by atoms with E-state index in [1.165, 1.54) is 7.11 Å². The lowest BCUT2D eigenvalue weighted by Crippen LogP contribution is -2.31. The van der Waals surface area contributed by atoms with Gasteiger partial charge in [-0.1, -0.05) is 0 Å². The Labute approximate surface area is 70.5 Å². The van der Waals surface area contributed by atoms with E-state index in [1.54, 1.807) is 0 Å². The van der Waals surface area contributed by atoms with Crippen LogP contribution in [0, 0.1) is 11.8 Å². The van der Waals surface area contributed by atoms with Crippen molar-refractivity contribution in [1.29, 1.82) is 0 Å². The largest absolute Gasteiger partial charge is 0.481 e. The van der Waals surface area contributed by atoms with Crippen LogP contribution in [0.2, 0.25) is 0 Å². The molecule has 68 valence electrons. The molecule has 1 N–H and O–H groups in total. The van der Waals surface area contributed by atoms with Crippen LogP contribution in [0.3, 0.4) is 0 Å². The SMILES string of the molecule is COC(=O)CC1CC(C(=O)O)C1. The second-order valence-corrected chi connectivity index (χ2v) is 3.15. The Balaban J connectivity index is 2.17. The predicted octanol–water partition coefficient (Wildman–Crippen LogP) is 0.660. The molecule has 0 heterocycles. The van der Waals surface area contributed by atoms with Gasteiger partial charge in [-0.15, -0.1) is 0 Å². The molecule has 4 nitrogen and oxygen atoms in total. The predicted molar refractivity (Wildman–Crippen MR) is 40.5 cm³/mol. The highest BCUT2D eigenvalue weighted by Crippen LogP contribution is 2.36. The van der Waals surface area contributed by atoms with E-state index in [4.69, 9.17) is 5.11 Å². The molecule has 0 unspecified atom stereocenters.